The van der Waals surface area contributed by atoms with Gasteiger partial charge in [-0.25, -0.2) is 4.98 Å². The average molecular weight is 331 g/mol. The van der Waals surface area contributed by atoms with E-state index < -0.39 is 0 Å². The number of rotatable bonds is 1. The Morgan fingerprint density at radius 3 is 3.08 bits per heavy atom. The number of imidazole rings is 1. The third-order valence-corrected chi connectivity index (χ3v) is 5.84. The number of H-pyrrole nitrogens is 1. The Balaban J connectivity index is 1.48. The highest BCUT2D eigenvalue weighted by molar-refractivity contribution is 5.97. The summed E-state index contributed by atoms with van der Waals surface area (Å²) in [5.41, 5.74) is 6.76. The smallest absolute Gasteiger partial charge is 0.254 e. The van der Waals surface area contributed by atoms with Gasteiger partial charge in [0.25, 0.3) is 5.91 Å². The molecule has 1 N–H and O–H groups in total. The van der Waals surface area contributed by atoms with Crippen molar-refractivity contribution in [3.8, 4) is 0 Å². The Labute approximate surface area is 146 Å². The maximum atomic E-state index is 13.2. The van der Waals surface area contributed by atoms with Gasteiger partial charge in [0.15, 0.2) is 0 Å². The van der Waals surface area contributed by atoms with E-state index in [-0.39, 0.29) is 5.91 Å². The lowest BCUT2D eigenvalue weighted by molar-refractivity contribution is 0.0595. The summed E-state index contributed by atoms with van der Waals surface area (Å²) in [7, 11) is 0. The van der Waals surface area contributed by atoms with Gasteiger partial charge < -0.3 is 9.88 Å². The lowest BCUT2D eigenvalue weighted by Crippen LogP contribution is -2.46. The van der Waals surface area contributed by atoms with Gasteiger partial charge in [-0.1, -0.05) is 23.8 Å². The summed E-state index contributed by atoms with van der Waals surface area (Å²) in [4.78, 5) is 22.7. The van der Waals surface area contributed by atoms with Gasteiger partial charge in [0.05, 0.1) is 17.4 Å². The fourth-order valence-corrected chi connectivity index (χ4v) is 4.63. The minimum Gasteiger partial charge on any atom is -0.345 e. The van der Waals surface area contributed by atoms with Crippen molar-refractivity contribution in [2.45, 2.75) is 38.1 Å². The first-order valence-corrected chi connectivity index (χ1v) is 9.04. The minimum absolute atomic E-state index is 0.143. The number of aromatic amines is 1. The number of nitrogens with one attached hydrogen (secondary N) is 1. The fourth-order valence-electron chi connectivity index (χ4n) is 4.63. The van der Waals surface area contributed by atoms with Crippen molar-refractivity contribution >= 4 is 16.9 Å². The fraction of sp³-hybridized carbons (Fsp3) is 0.333. The number of aromatic nitrogens is 2. The second-order valence-electron chi connectivity index (χ2n) is 7.36. The predicted molar refractivity (Wildman–Crippen MR) is 97.8 cm³/mol. The lowest BCUT2D eigenvalue weighted by Gasteiger charge is -2.38. The van der Waals surface area contributed by atoms with E-state index in [1.165, 1.54) is 23.1 Å². The molecule has 1 aliphatic heterocycles. The van der Waals surface area contributed by atoms with Crippen molar-refractivity contribution in [2.75, 3.05) is 6.54 Å². The molecule has 4 nitrogen and oxygen atoms in total. The van der Waals surface area contributed by atoms with E-state index >= 15 is 0 Å². The summed E-state index contributed by atoms with van der Waals surface area (Å²) in [5, 5.41) is 0. The van der Waals surface area contributed by atoms with Gasteiger partial charge in [-0.15, -0.1) is 0 Å². The van der Waals surface area contributed by atoms with Gasteiger partial charge >= 0.3 is 0 Å². The van der Waals surface area contributed by atoms with E-state index in [1.54, 1.807) is 6.33 Å². The molecule has 0 bridgehead atoms. The van der Waals surface area contributed by atoms with Crippen molar-refractivity contribution in [3.63, 3.8) is 0 Å². The second kappa shape index (κ2) is 5.45. The van der Waals surface area contributed by atoms with Crippen LogP contribution < -0.4 is 0 Å². The molecular formula is C21H21N3O. The van der Waals surface area contributed by atoms with Crippen LogP contribution in [0.5, 0.6) is 0 Å². The molecule has 0 saturated carbocycles. The molecule has 0 spiro atoms. The number of aryl methyl sites for hydroxylation is 1. The highest BCUT2D eigenvalue weighted by atomic mass is 16.2. The molecule has 2 aromatic carbocycles. The molecule has 1 aliphatic carbocycles. The largest absolute Gasteiger partial charge is 0.345 e. The first-order valence-electron chi connectivity index (χ1n) is 9.04. The van der Waals surface area contributed by atoms with E-state index in [9.17, 15) is 4.79 Å². The molecule has 2 atom stereocenters. The molecule has 4 heteroatoms. The topological polar surface area (TPSA) is 49.0 Å². The monoisotopic (exact) mass is 331 g/mol. The predicted octanol–water partition coefficient (Wildman–Crippen LogP) is 3.82. The van der Waals surface area contributed by atoms with Crippen molar-refractivity contribution in [1.82, 2.24) is 14.9 Å². The standard InChI is InChI=1S/C21H21N3O/c1-13-4-5-14-11-20-16(17(14)9-13)3-2-8-24(20)21(25)15-6-7-18-19(10-15)23-12-22-18/h4-7,9-10,12,16,20H,2-3,8,11H2,1H3,(H,22,23). The van der Waals surface area contributed by atoms with Crippen LogP contribution in [0.4, 0.5) is 0 Å². The van der Waals surface area contributed by atoms with Crippen molar-refractivity contribution in [1.29, 1.82) is 0 Å². The molecular weight excluding hydrogens is 310 g/mol. The summed E-state index contributed by atoms with van der Waals surface area (Å²) in [6.45, 7) is 3.00. The molecule has 126 valence electrons. The number of nitrogens with zero attached hydrogens (tertiary/aromatic N) is 2. The van der Waals surface area contributed by atoms with Crippen LogP contribution >= 0.6 is 0 Å². The van der Waals surface area contributed by atoms with Crippen LogP contribution in [0.15, 0.2) is 42.7 Å². The maximum absolute atomic E-state index is 13.2. The molecule has 0 radical (unpaired) electrons. The van der Waals surface area contributed by atoms with Gasteiger partial charge in [0.2, 0.25) is 0 Å². The number of benzene rings is 2. The Hall–Kier alpha value is -2.62. The van der Waals surface area contributed by atoms with E-state index in [4.69, 9.17) is 0 Å². The summed E-state index contributed by atoms with van der Waals surface area (Å²) < 4.78 is 0. The van der Waals surface area contributed by atoms with Crippen molar-refractivity contribution in [3.05, 3.63) is 65.0 Å². The quantitative estimate of drug-likeness (QED) is 0.737. The van der Waals surface area contributed by atoms with Crippen LogP contribution in [0, 0.1) is 6.92 Å². The van der Waals surface area contributed by atoms with Crippen LogP contribution in [0.25, 0.3) is 11.0 Å². The van der Waals surface area contributed by atoms with Crippen molar-refractivity contribution in [2.24, 2.45) is 0 Å². The highest BCUT2D eigenvalue weighted by Gasteiger charge is 2.40. The van der Waals surface area contributed by atoms with Gasteiger partial charge in [-0.05, 0) is 55.5 Å². The van der Waals surface area contributed by atoms with Crippen LogP contribution in [0.3, 0.4) is 0 Å². The van der Waals surface area contributed by atoms with Gasteiger partial charge in [-0.2, -0.15) is 0 Å². The summed E-state index contributed by atoms with van der Waals surface area (Å²) in [6.07, 6.45) is 4.91. The molecule has 1 saturated heterocycles. The number of amides is 1. The summed E-state index contributed by atoms with van der Waals surface area (Å²) in [5.74, 6) is 0.630. The molecule has 1 aromatic heterocycles. The highest BCUT2D eigenvalue weighted by Crippen LogP contribution is 2.42. The van der Waals surface area contributed by atoms with Crippen LogP contribution in [0.2, 0.25) is 0 Å². The summed E-state index contributed by atoms with van der Waals surface area (Å²) >= 11 is 0. The molecule has 25 heavy (non-hydrogen) atoms. The first-order chi connectivity index (χ1) is 12.2. The zero-order valence-electron chi connectivity index (χ0n) is 14.3. The molecule has 2 unspecified atom stereocenters. The minimum atomic E-state index is 0.143. The van der Waals surface area contributed by atoms with E-state index in [0.29, 0.717) is 12.0 Å². The third kappa shape index (κ3) is 2.28. The number of hydrogen-bond donors (Lipinski definition) is 1. The Bertz CT molecular complexity index is 974. The van der Waals surface area contributed by atoms with Gasteiger partial charge in [-0.3, -0.25) is 4.79 Å². The zero-order valence-corrected chi connectivity index (χ0v) is 14.3. The van der Waals surface area contributed by atoms with Crippen molar-refractivity contribution < 1.29 is 4.79 Å². The van der Waals surface area contributed by atoms with E-state index in [2.05, 4.69) is 40.0 Å². The number of piperidine rings is 1. The normalized spacial score (nSPS) is 22.0. The molecule has 1 amide bonds. The van der Waals surface area contributed by atoms with Crippen LogP contribution in [-0.4, -0.2) is 33.4 Å². The molecule has 2 heterocycles. The Kier molecular flexibility index (Phi) is 3.20. The molecule has 2 aliphatic rings. The number of carbonyl (C=O) groups excluding carboxylic acids is 1. The van der Waals surface area contributed by atoms with Gasteiger partial charge in [0.1, 0.15) is 0 Å². The number of carbonyl (C=O) groups is 1. The molecule has 3 aromatic rings. The average Bonchev–Trinajstić information content (AvgIpc) is 3.24. The lowest BCUT2D eigenvalue weighted by atomic mass is 9.88. The van der Waals surface area contributed by atoms with Crippen LogP contribution in [-0.2, 0) is 6.42 Å². The first kappa shape index (κ1) is 14.7. The number of likely N-dealkylation sites (tertiary alicyclic amines) is 1. The Morgan fingerprint density at radius 2 is 2.16 bits per heavy atom. The molecule has 1 fully saturated rings. The third-order valence-electron chi connectivity index (χ3n) is 5.84. The summed E-state index contributed by atoms with van der Waals surface area (Å²) in [6, 6.07) is 12.8. The Morgan fingerprint density at radius 1 is 1.24 bits per heavy atom. The number of hydrogen-bond acceptors (Lipinski definition) is 2. The van der Waals surface area contributed by atoms with E-state index in [0.717, 1.165) is 36.0 Å². The van der Waals surface area contributed by atoms with Crippen LogP contribution in [0.1, 0.15) is 45.8 Å². The SMILES string of the molecule is Cc1ccc2c(c1)C1CCCN(C(=O)c3ccc4[nH]cnc4c3)C1C2. The maximum Gasteiger partial charge on any atom is 0.254 e. The molecule has 5 rings (SSSR count). The second-order valence-corrected chi connectivity index (χ2v) is 7.36. The van der Waals surface area contributed by atoms with E-state index in [1.807, 2.05) is 18.2 Å². The van der Waals surface area contributed by atoms with Gasteiger partial charge in [0, 0.05) is 24.1 Å². The zero-order chi connectivity index (χ0) is 17.0. The number of fused-ring (bicyclic) bond motifs is 4.